The van der Waals surface area contributed by atoms with Crippen LogP contribution in [0.15, 0.2) is 22.7 Å². The molecule has 1 aliphatic rings. The molecule has 0 amide bonds. The molecule has 0 unspecified atom stereocenters. The van der Waals surface area contributed by atoms with E-state index >= 15 is 0 Å². The van der Waals surface area contributed by atoms with Crippen molar-refractivity contribution in [1.82, 2.24) is 0 Å². The first-order valence-electron chi connectivity index (χ1n) is 5.76. The number of halogens is 1. The summed E-state index contributed by atoms with van der Waals surface area (Å²) in [5, 5.41) is 12.5. The molecule has 2 nitrogen and oxygen atoms in total. The van der Waals surface area contributed by atoms with Gasteiger partial charge in [0, 0.05) is 16.2 Å². The van der Waals surface area contributed by atoms with Gasteiger partial charge in [-0.05, 0) is 29.0 Å². The Morgan fingerprint density at radius 2 is 1.76 bits per heavy atom. The fourth-order valence-electron chi connectivity index (χ4n) is 2.46. The second-order valence-electron chi connectivity index (χ2n) is 5.86. The quantitative estimate of drug-likeness (QED) is 0.888. The number of nitrogens with one attached hydrogen (secondary N) is 1. The molecule has 0 heterocycles. The van der Waals surface area contributed by atoms with Crippen molar-refractivity contribution in [2.45, 2.75) is 33.7 Å². The second-order valence-corrected chi connectivity index (χ2v) is 6.78. The lowest BCUT2D eigenvalue weighted by Crippen LogP contribution is -2.10. The lowest BCUT2D eigenvalue weighted by Gasteiger charge is -2.09. The van der Waals surface area contributed by atoms with Crippen molar-refractivity contribution in [2.75, 3.05) is 5.32 Å². The summed E-state index contributed by atoms with van der Waals surface area (Å²) in [4.78, 5) is 0. The van der Waals surface area contributed by atoms with Gasteiger partial charge < -0.3 is 5.32 Å². The largest absolute Gasteiger partial charge is 0.381 e. The molecule has 0 radical (unpaired) electrons. The van der Waals surface area contributed by atoms with Crippen molar-refractivity contribution in [3.05, 3.63) is 28.2 Å². The first-order chi connectivity index (χ1) is 7.79. The van der Waals surface area contributed by atoms with E-state index in [2.05, 4.69) is 55.0 Å². The van der Waals surface area contributed by atoms with Crippen molar-refractivity contribution in [3.63, 3.8) is 0 Å². The Bertz CT molecular complexity index is 483. The molecule has 0 saturated heterocycles. The third-order valence-corrected chi connectivity index (χ3v) is 4.82. The lowest BCUT2D eigenvalue weighted by molar-refractivity contribution is 0.457. The summed E-state index contributed by atoms with van der Waals surface area (Å²) >= 11 is 3.43. The molecule has 0 atom stereocenters. The Morgan fingerprint density at radius 3 is 2.24 bits per heavy atom. The number of nitriles is 1. The molecule has 3 heteroatoms. The molecule has 90 valence electrons. The Hall–Kier alpha value is -1.01. The van der Waals surface area contributed by atoms with Crippen LogP contribution in [0.2, 0.25) is 0 Å². The number of benzene rings is 1. The van der Waals surface area contributed by atoms with Crippen LogP contribution in [0.3, 0.4) is 0 Å². The predicted octanol–water partition coefficient (Wildman–Crippen LogP) is 4.17. The molecule has 1 saturated carbocycles. The van der Waals surface area contributed by atoms with E-state index in [0.717, 1.165) is 10.2 Å². The van der Waals surface area contributed by atoms with Gasteiger partial charge in [-0.1, -0.05) is 43.6 Å². The normalized spacial score (nSPS) is 20.7. The predicted molar refractivity (Wildman–Crippen MR) is 73.8 cm³/mol. The highest BCUT2D eigenvalue weighted by molar-refractivity contribution is 9.10. The highest BCUT2D eigenvalue weighted by Gasteiger charge is 2.64. The minimum absolute atomic E-state index is 0.294. The fraction of sp³-hybridized carbons (Fsp3) is 0.500. The van der Waals surface area contributed by atoms with E-state index in [-0.39, 0.29) is 0 Å². The van der Waals surface area contributed by atoms with Gasteiger partial charge in [0.1, 0.15) is 0 Å². The third-order valence-electron chi connectivity index (χ3n) is 4.36. The zero-order valence-electron chi connectivity index (χ0n) is 10.6. The molecule has 1 aromatic carbocycles. The minimum atomic E-state index is 0.294. The maximum atomic E-state index is 8.94. The van der Waals surface area contributed by atoms with Gasteiger partial charge in [0.05, 0.1) is 11.6 Å². The average molecular weight is 293 g/mol. The highest BCUT2D eigenvalue weighted by atomic mass is 79.9. The Morgan fingerprint density at radius 1 is 1.18 bits per heavy atom. The zero-order chi connectivity index (χ0) is 12.8. The molecular weight excluding hydrogens is 276 g/mol. The second kappa shape index (κ2) is 3.74. The van der Waals surface area contributed by atoms with E-state index in [0.29, 0.717) is 22.4 Å². The molecule has 0 spiro atoms. The summed E-state index contributed by atoms with van der Waals surface area (Å²) in [6.07, 6.45) is 0. The van der Waals surface area contributed by atoms with Gasteiger partial charge in [0.15, 0.2) is 0 Å². The van der Waals surface area contributed by atoms with E-state index in [1.54, 1.807) is 0 Å². The smallest absolute Gasteiger partial charge is 0.0992 e. The van der Waals surface area contributed by atoms with E-state index in [9.17, 15) is 0 Å². The van der Waals surface area contributed by atoms with Crippen molar-refractivity contribution in [2.24, 2.45) is 10.8 Å². The van der Waals surface area contributed by atoms with Gasteiger partial charge in [0.25, 0.3) is 0 Å². The molecule has 1 aromatic rings. The number of anilines is 1. The van der Waals surface area contributed by atoms with Gasteiger partial charge in [-0.25, -0.2) is 0 Å². The van der Waals surface area contributed by atoms with Crippen LogP contribution in [0.1, 0.15) is 33.3 Å². The van der Waals surface area contributed by atoms with Crippen LogP contribution in [-0.4, -0.2) is 6.04 Å². The molecule has 1 aliphatic carbocycles. The fourth-order valence-corrected chi connectivity index (χ4v) is 2.95. The summed E-state index contributed by atoms with van der Waals surface area (Å²) < 4.78 is 0.940. The monoisotopic (exact) mass is 292 g/mol. The van der Waals surface area contributed by atoms with E-state index in [1.807, 2.05) is 18.2 Å². The molecule has 2 rings (SSSR count). The molecule has 0 aliphatic heterocycles. The molecule has 17 heavy (non-hydrogen) atoms. The van der Waals surface area contributed by atoms with Gasteiger partial charge in [-0.3, -0.25) is 0 Å². The SMILES string of the molecule is CC1(C)C(Nc2cc(Br)cc(C#N)c2)C1(C)C. The van der Waals surface area contributed by atoms with Crippen molar-refractivity contribution in [1.29, 1.82) is 5.26 Å². The minimum Gasteiger partial charge on any atom is -0.381 e. The maximum Gasteiger partial charge on any atom is 0.0992 e. The summed E-state index contributed by atoms with van der Waals surface area (Å²) in [5.41, 5.74) is 2.28. The van der Waals surface area contributed by atoms with Crippen LogP contribution in [0.25, 0.3) is 0 Å². The van der Waals surface area contributed by atoms with E-state index in [1.165, 1.54) is 0 Å². The summed E-state index contributed by atoms with van der Waals surface area (Å²) in [6.45, 7) is 9.09. The van der Waals surface area contributed by atoms with Crippen molar-refractivity contribution < 1.29 is 0 Å². The summed E-state index contributed by atoms with van der Waals surface area (Å²) in [5.74, 6) is 0. The number of hydrogen-bond donors (Lipinski definition) is 1. The molecule has 0 aromatic heterocycles. The Balaban J connectivity index is 2.22. The lowest BCUT2D eigenvalue weighted by atomic mass is 10.0. The van der Waals surface area contributed by atoms with Crippen LogP contribution in [-0.2, 0) is 0 Å². The first kappa shape index (κ1) is 12.4. The molecule has 0 bridgehead atoms. The highest BCUT2D eigenvalue weighted by Crippen LogP contribution is 2.63. The Kier molecular flexibility index (Phi) is 2.74. The third kappa shape index (κ3) is 1.95. The van der Waals surface area contributed by atoms with E-state index < -0.39 is 0 Å². The van der Waals surface area contributed by atoms with Gasteiger partial charge in [-0.2, -0.15) is 5.26 Å². The first-order valence-corrected chi connectivity index (χ1v) is 6.55. The van der Waals surface area contributed by atoms with E-state index in [4.69, 9.17) is 5.26 Å². The number of rotatable bonds is 2. The maximum absolute atomic E-state index is 8.94. The van der Waals surface area contributed by atoms with Crippen molar-refractivity contribution >= 4 is 21.6 Å². The number of nitrogens with zero attached hydrogens (tertiary/aromatic N) is 1. The van der Waals surface area contributed by atoms with Crippen LogP contribution in [0.5, 0.6) is 0 Å². The molecular formula is C14H17BrN2. The standard InChI is InChI=1S/C14H17BrN2/c1-13(2)12(14(13,3)4)17-11-6-9(8-16)5-10(15)7-11/h5-7,12,17H,1-4H3. The van der Waals surface area contributed by atoms with Crippen molar-refractivity contribution in [3.8, 4) is 6.07 Å². The van der Waals surface area contributed by atoms with Gasteiger partial charge in [0.2, 0.25) is 0 Å². The van der Waals surface area contributed by atoms with Crippen LogP contribution in [0.4, 0.5) is 5.69 Å². The average Bonchev–Trinajstić information content (AvgIpc) is 2.60. The summed E-state index contributed by atoms with van der Waals surface area (Å²) in [7, 11) is 0. The van der Waals surface area contributed by atoms with Gasteiger partial charge >= 0.3 is 0 Å². The molecule has 1 fully saturated rings. The van der Waals surface area contributed by atoms with Crippen LogP contribution < -0.4 is 5.32 Å². The topological polar surface area (TPSA) is 35.8 Å². The Labute approximate surface area is 111 Å². The zero-order valence-corrected chi connectivity index (χ0v) is 12.2. The van der Waals surface area contributed by atoms with Crippen LogP contribution >= 0.6 is 15.9 Å². The molecule has 1 N–H and O–H groups in total. The number of hydrogen-bond acceptors (Lipinski definition) is 2. The summed E-state index contributed by atoms with van der Waals surface area (Å²) in [6, 6.07) is 8.37. The van der Waals surface area contributed by atoms with Crippen LogP contribution in [0, 0.1) is 22.2 Å². The van der Waals surface area contributed by atoms with Gasteiger partial charge in [-0.15, -0.1) is 0 Å².